The van der Waals surface area contributed by atoms with Gasteiger partial charge in [-0.15, -0.1) is 11.3 Å². The standard InChI is InChI=1S/C22H24N2O3S/c1-13-8-9-17-16(11-13)14-5-3-6-15(21(14)23-17)22(26)24-18(12-20(25)27-2)19-7-4-10-28-19/h3-7,10,13,18,23H,8-9,11-12H2,1-2H3,(H,24,26). The molecule has 0 radical (unpaired) electrons. The van der Waals surface area contributed by atoms with Crippen molar-refractivity contribution in [2.45, 2.75) is 38.6 Å². The Bertz CT molecular complexity index is 1010. The third-order valence-corrected chi connectivity index (χ3v) is 6.49. The number of rotatable bonds is 5. The fraction of sp³-hybridized carbons (Fsp3) is 0.364. The number of aryl methyl sites for hydroxylation is 1. The molecule has 0 saturated carbocycles. The Kier molecular flexibility index (Phi) is 5.22. The highest BCUT2D eigenvalue weighted by Crippen LogP contribution is 2.33. The Hall–Kier alpha value is -2.60. The zero-order chi connectivity index (χ0) is 19.7. The molecule has 2 unspecified atom stereocenters. The number of fused-ring (bicyclic) bond motifs is 3. The average Bonchev–Trinajstić information content (AvgIpc) is 3.34. The number of esters is 1. The molecular formula is C22H24N2O3S. The van der Waals surface area contributed by atoms with Crippen molar-refractivity contribution >= 4 is 34.1 Å². The van der Waals surface area contributed by atoms with Crippen LogP contribution in [0.2, 0.25) is 0 Å². The predicted molar refractivity (Wildman–Crippen MR) is 111 cm³/mol. The summed E-state index contributed by atoms with van der Waals surface area (Å²) < 4.78 is 4.81. The van der Waals surface area contributed by atoms with Gasteiger partial charge in [-0.2, -0.15) is 0 Å². The second kappa shape index (κ2) is 7.80. The van der Waals surface area contributed by atoms with Crippen LogP contribution < -0.4 is 5.32 Å². The van der Waals surface area contributed by atoms with Crippen LogP contribution in [0.15, 0.2) is 35.7 Å². The summed E-state index contributed by atoms with van der Waals surface area (Å²) in [5.41, 5.74) is 4.10. The Labute approximate surface area is 168 Å². The van der Waals surface area contributed by atoms with Crippen molar-refractivity contribution in [1.82, 2.24) is 10.3 Å². The molecule has 0 aliphatic heterocycles. The second-order valence-corrected chi connectivity index (χ2v) is 8.46. The number of hydrogen-bond acceptors (Lipinski definition) is 4. The average molecular weight is 397 g/mol. The highest BCUT2D eigenvalue weighted by Gasteiger charge is 2.25. The monoisotopic (exact) mass is 396 g/mol. The van der Waals surface area contributed by atoms with E-state index in [9.17, 15) is 9.59 Å². The van der Waals surface area contributed by atoms with Crippen molar-refractivity contribution in [3.63, 3.8) is 0 Å². The number of para-hydroxylation sites is 1. The van der Waals surface area contributed by atoms with Crippen LogP contribution in [-0.2, 0) is 22.4 Å². The quantitative estimate of drug-likeness (QED) is 0.629. The van der Waals surface area contributed by atoms with Gasteiger partial charge >= 0.3 is 5.97 Å². The summed E-state index contributed by atoms with van der Waals surface area (Å²) in [6.45, 7) is 2.27. The molecule has 0 bridgehead atoms. The van der Waals surface area contributed by atoms with E-state index < -0.39 is 6.04 Å². The van der Waals surface area contributed by atoms with Crippen LogP contribution in [0, 0.1) is 5.92 Å². The van der Waals surface area contributed by atoms with Gasteiger partial charge in [-0.05, 0) is 48.3 Å². The molecule has 3 aromatic rings. The maximum atomic E-state index is 13.1. The van der Waals surface area contributed by atoms with Crippen molar-refractivity contribution in [3.05, 3.63) is 57.4 Å². The predicted octanol–water partition coefficient (Wildman–Crippen LogP) is 4.39. The number of nitrogens with one attached hydrogen (secondary N) is 2. The number of H-pyrrole nitrogens is 1. The molecule has 5 nitrogen and oxygen atoms in total. The summed E-state index contributed by atoms with van der Waals surface area (Å²) in [5.74, 6) is 0.132. The lowest BCUT2D eigenvalue weighted by molar-refractivity contribution is -0.141. The Balaban J connectivity index is 1.65. The van der Waals surface area contributed by atoms with Crippen LogP contribution in [0.3, 0.4) is 0 Å². The van der Waals surface area contributed by atoms with E-state index in [4.69, 9.17) is 4.74 Å². The van der Waals surface area contributed by atoms with Gasteiger partial charge in [0.25, 0.3) is 5.91 Å². The summed E-state index contributed by atoms with van der Waals surface area (Å²) in [5, 5.41) is 6.10. The van der Waals surface area contributed by atoms with E-state index >= 15 is 0 Å². The summed E-state index contributed by atoms with van der Waals surface area (Å²) in [6, 6.07) is 9.30. The van der Waals surface area contributed by atoms with Gasteiger partial charge in [0.05, 0.1) is 30.7 Å². The van der Waals surface area contributed by atoms with Crippen LogP contribution in [0.1, 0.15) is 52.3 Å². The van der Waals surface area contributed by atoms with Gasteiger partial charge in [0.1, 0.15) is 0 Å². The molecule has 6 heteroatoms. The van der Waals surface area contributed by atoms with Crippen molar-refractivity contribution in [2.24, 2.45) is 5.92 Å². The largest absolute Gasteiger partial charge is 0.469 e. The Morgan fingerprint density at radius 2 is 2.18 bits per heavy atom. The van der Waals surface area contributed by atoms with Crippen LogP contribution in [-0.4, -0.2) is 24.0 Å². The minimum Gasteiger partial charge on any atom is -0.469 e. The molecule has 2 heterocycles. The first kappa shape index (κ1) is 18.7. The first-order valence-corrected chi connectivity index (χ1v) is 10.5. The van der Waals surface area contributed by atoms with Gasteiger partial charge in [0.15, 0.2) is 0 Å². The first-order chi connectivity index (χ1) is 13.6. The molecule has 2 aromatic heterocycles. The lowest BCUT2D eigenvalue weighted by Crippen LogP contribution is -2.30. The van der Waals surface area contributed by atoms with Crippen molar-refractivity contribution in [1.29, 1.82) is 0 Å². The van der Waals surface area contributed by atoms with E-state index in [0.717, 1.165) is 28.6 Å². The second-order valence-electron chi connectivity index (χ2n) is 7.48. The van der Waals surface area contributed by atoms with Crippen LogP contribution in [0.5, 0.6) is 0 Å². The van der Waals surface area contributed by atoms with E-state index in [1.54, 1.807) is 0 Å². The van der Waals surface area contributed by atoms with E-state index in [-0.39, 0.29) is 18.3 Å². The summed E-state index contributed by atoms with van der Waals surface area (Å²) >= 11 is 1.52. The normalized spacial score (nSPS) is 17.1. The fourth-order valence-electron chi connectivity index (χ4n) is 4.00. The van der Waals surface area contributed by atoms with Crippen molar-refractivity contribution in [3.8, 4) is 0 Å². The molecule has 1 aliphatic rings. The van der Waals surface area contributed by atoms with E-state index in [2.05, 4.69) is 23.3 Å². The number of thiophene rings is 1. The smallest absolute Gasteiger partial charge is 0.307 e. The molecule has 1 aromatic carbocycles. The van der Waals surface area contributed by atoms with Crippen LogP contribution in [0.25, 0.3) is 10.9 Å². The Morgan fingerprint density at radius 1 is 1.32 bits per heavy atom. The molecular weight excluding hydrogens is 372 g/mol. The van der Waals surface area contributed by atoms with Gasteiger partial charge in [-0.25, -0.2) is 0 Å². The summed E-state index contributed by atoms with van der Waals surface area (Å²) in [6.07, 6.45) is 3.34. The highest BCUT2D eigenvalue weighted by molar-refractivity contribution is 7.10. The number of carbonyl (C=O) groups excluding carboxylic acids is 2. The molecule has 0 fully saturated rings. The number of benzene rings is 1. The fourth-order valence-corrected chi connectivity index (χ4v) is 4.78. The topological polar surface area (TPSA) is 71.2 Å². The maximum Gasteiger partial charge on any atom is 0.307 e. The van der Waals surface area contributed by atoms with Gasteiger partial charge in [-0.3, -0.25) is 9.59 Å². The Morgan fingerprint density at radius 3 is 2.93 bits per heavy atom. The zero-order valence-corrected chi connectivity index (χ0v) is 16.9. The minimum absolute atomic E-state index is 0.109. The number of carbonyl (C=O) groups is 2. The molecule has 146 valence electrons. The molecule has 4 rings (SSSR count). The number of methoxy groups -OCH3 is 1. The summed E-state index contributed by atoms with van der Waals surface area (Å²) in [7, 11) is 1.36. The van der Waals surface area contributed by atoms with E-state index in [1.165, 1.54) is 36.1 Å². The molecule has 1 aliphatic carbocycles. The molecule has 2 N–H and O–H groups in total. The highest BCUT2D eigenvalue weighted by atomic mass is 32.1. The van der Waals surface area contributed by atoms with E-state index in [1.807, 2.05) is 29.6 Å². The lowest BCUT2D eigenvalue weighted by atomic mass is 9.87. The van der Waals surface area contributed by atoms with Gasteiger partial charge < -0.3 is 15.0 Å². The third-order valence-electron chi connectivity index (χ3n) is 5.50. The van der Waals surface area contributed by atoms with Crippen LogP contribution >= 0.6 is 11.3 Å². The lowest BCUT2D eigenvalue weighted by Gasteiger charge is -2.18. The molecule has 0 spiro atoms. The van der Waals surface area contributed by atoms with Gasteiger partial charge in [0, 0.05) is 16.0 Å². The van der Waals surface area contributed by atoms with Gasteiger partial charge in [-0.1, -0.05) is 25.1 Å². The SMILES string of the molecule is COC(=O)CC(NC(=O)c1cccc2c3c([nH]c12)CCC(C)C3)c1cccs1. The molecule has 2 atom stereocenters. The summed E-state index contributed by atoms with van der Waals surface area (Å²) in [4.78, 5) is 29.4. The molecule has 1 amide bonds. The van der Waals surface area contributed by atoms with E-state index in [0.29, 0.717) is 11.5 Å². The van der Waals surface area contributed by atoms with Crippen LogP contribution in [0.4, 0.5) is 0 Å². The minimum atomic E-state index is -0.403. The van der Waals surface area contributed by atoms with Gasteiger partial charge in [0.2, 0.25) is 0 Å². The number of hydrogen-bond donors (Lipinski definition) is 2. The molecule has 0 saturated heterocycles. The number of aromatic amines is 1. The number of amides is 1. The van der Waals surface area contributed by atoms with Crippen molar-refractivity contribution in [2.75, 3.05) is 7.11 Å². The first-order valence-electron chi connectivity index (χ1n) is 9.60. The third kappa shape index (κ3) is 3.56. The van der Waals surface area contributed by atoms with Crippen molar-refractivity contribution < 1.29 is 14.3 Å². The zero-order valence-electron chi connectivity index (χ0n) is 16.1. The maximum absolute atomic E-state index is 13.1. The molecule has 28 heavy (non-hydrogen) atoms. The number of ether oxygens (including phenoxy) is 1. The number of aromatic nitrogens is 1.